The van der Waals surface area contributed by atoms with E-state index < -0.39 is 6.09 Å². The van der Waals surface area contributed by atoms with E-state index in [9.17, 15) is 4.79 Å². The number of ether oxygens (including phenoxy) is 1. The Morgan fingerprint density at radius 3 is 2.80 bits per heavy atom. The molecule has 0 saturated heterocycles. The maximum Gasteiger partial charge on any atom is 0.412 e. The molecule has 0 aliphatic heterocycles. The molecule has 0 unspecified atom stereocenters. The van der Waals surface area contributed by atoms with Crippen LogP contribution in [0.3, 0.4) is 0 Å². The van der Waals surface area contributed by atoms with E-state index in [0.29, 0.717) is 17.2 Å². The molecule has 0 aliphatic rings. The summed E-state index contributed by atoms with van der Waals surface area (Å²) in [5, 5.41) is 2.92. The van der Waals surface area contributed by atoms with E-state index in [1.54, 1.807) is 31.2 Å². The van der Waals surface area contributed by atoms with Crippen LogP contribution in [0.25, 0.3) is 0 Å². The van der Waals surface area contributed by atoms with Crippen LogP contribution in [0.15, 0.2) is 24.3 Å². The highest BCUT2D eigenvalue weighted by atomic mass is 35.5. The summed E-state index contributed by atoms with van der Waals surface area (Å²) in [6.45, 7) is 2.02. The number of carbonyl (C=O) groups excluding carboxylic acids is 1. The predicted octanol–water partition coefficient (Wildman–Crippen LogP) is 2.76. The fourth-order valence-electron chi connectivity index (χ4n) is 0.973. The van der Waals surface area contributed by atoms with Gasteiger partial charge in [-0.3, -0.25) is 5.32 Å². The topological polar surface area (TPSA) is 38.3 Å². The van der Waals surface area contributed by atoms with Crippen LogP contribution in [-0.2, 0) is 4.74 Å². The summed E-state index contributed by atoms with van der Waals surface area (Å²) in [5.74, 6) is 0. The number of rotatable bonds is 2. The summed E-state index contributed by atoms with van der Waals surface area (Å²) in [7, 11) is 0. The minimum absolute atomic E-state index is 0.263. The molecule has 15 heavy (non-hydrogen) atoms. The molecule has 5 heteroatoms. The molecule has 1 N–H and O–H groups in total. The van der Waals surface area contributed by atoms with Crippen molar-refractivity contribution in [1.29, 1.82) is 0 Å². The molecule has 3 nitrogen and oxygen atoms in total. The van der Waals surface area contributed by atoms with Gasteiger partial charge < -0.3 is 4.74 Å². The van der Waals surface area contributed by atoms with Gasteiger partial charge >= 0.3 is 6.09 Å². The third kappa shape index (κ3) is 3.49. The highest BCUT2D eigenvalue weighted by Gasteiger charge is 2.09. The van der Waals surface area contributed by atoms with Gasteiger partial charge in [0.05, 0.1) is 11.6 Å². The van der Waals surface area contributed by atoms with E-state index in [2.05, 4.69) is 5.32 Å². The van der Waals surface area contributed by atoms with E-state index >= 15 is 0 Å². The van der Waals surface area contributed by atoms with Crippen LogP contribution in [0.5, 0.6) is 0 Å². The molecule has 1 rings (SSSR count). The minimum Gasteiger partial charge on any atom is -0.450 e. The van der Waals surface area contributed by atoms with Crippen LogP contribution in [0.2, 0.25) is 5.02 Å². The Balaban J connectivity index is 2.70. The number of alkyl carbamates (subject to hydrolysis) is 1. The lowest BCUT2D eigenvalue weighted by Crippen LogP contribution is -2.30. The Labute approximate surface area is 98.4 Å². The third-order valence-corrected chi connectivity index (χ3v) is 2.26. The van der Waals surface area contributed by atoms with E-state index in [1.165, 1.54) is 0 Å². The minimum atomic E-state index is -0.567. The molecule has 0 aromatic heterocycles. The SMILES string of the molecule is CCOC(=O)NC(=S)c1ccccc1Cl. The summed E-state index contributed by atoms with van der Waals surface area (Å²) < 4.78 is 4.69. The van der Waals surface area contributed by atoms with E-state index in [1.807, 2.05) is 0 Å². The lowest BCUT2D eigenvalue weighted by atomic mass is 10.2. The van der Waals surface area contributed by atoms with Gasteiger partial charge in [0.1, 0.15) is 4.99 Å². The molecule has 0 radical (unpaired) electrons. The number of benzene rings is 1. The molecular weight excluding hydrogens is 234 g/mol. The van der Waals surface area contributed by atoms with Crippen LogP contribution in [0.1, 0.15) is 12.5 Å². The quantitative estimate of drug-likeness (QED) is 0.812. The molecule has 0 atom stereocenters. The average Bonchev–Trinajstić information content (AvgIpc) is 2.18. The summed E-state index contributed by atoms with van der Waals surface area (Å²) in [5.41, 5.74) is 0.613. The number of thiocarbonyl (C=S) groups is 1. The van der Waals surface area contributed by atoms with Gasteiger partial charge in [-0.15, -0.1) is 0 Å². The van der Waals surface area contributed by atoms with E-state index in [4.69, 9.17) is 28.6 Å². The van der Waals surface area contributed by atoms with Gasteiger partial charge in [0, 0.05) is 5.56 Å². The van der Waals surface area contributed by atoms with Crippen molar-refractivity contribution < 1.29 is 9.53 Å². The Kier molecular flexibility index (Phi) is 4.52. The molecule has 0 saturated carbocycles. The van der Waals surface area contributed by atoms with Crippen LogP contribution < -0.4 is 5.32 Å². The van der Waals surface area contributed by atoms with Gasteiger partial charge in [0.25, 0.3) is 0 Å². The third-order valence-electron chi connectivity index (χ3n) is 1.61. The maximum absolute atomic E-state index is 11.1. The lowest BCUT2D eigenvalue weighted by Gasteiger charge is -2.07. The van der Waals surface area contributed by atoms with Crippen molar-refractivity contribution in [2.45, 2.75) is 6.92 Å². The number of hydrogen-bond acceptors (Lipinski definition) is 3. The highest BCUT2D eigenvalue weighted by Crippen LogP contribution is 2.14. The maximum atomic E-state index is 11.1. The first kappa shape index (κ1) is 11.9. The zero-order valence-electron chi connectivity index (χ0n) is 8.12. The van der Waals surface area contributed by atoms with Gasteiger partial charge in [0.2, 0.25) is 0 Å². The Morgan fingerprint density at radius 1 is 1.53 bits per heavy atom. The van der Waals surface area contributed by atoms with Crippen molar-refractivity contribution in [2.24, 2.45) is 0 Å². The zero-order chi connectivity index (χ0) is 11.3. The molecule has 1 aromatic carbocycles. The van der Waals surface area contributed by atoms with Crippen molar-refractivity contribution in [2.75, 3.05) is 6.61 Å². The second-order valence-electron chi connectivity index (χ2n) is 2.65. The van der Waals surface area contributed by atoms with E-state index in [-0.39, 0.29) is 4.99 Å². The van der Waals surface area contributed by atoms with Crippen molar-refractivity contribution in [3.63, 3.8) is 0 Å². The first-order valence-electron chi connectivity index (χ1n) is 4.37. The van der Waals surface area contributed by atoms with Gasteiger partial charge in [-0.25, -0.2) is 4.79 Å². The van der Waals surface area contributed by atoms with Crippen molar-refractivity contribution in [3.8, 4) is 0 Å². The average molecular weight is 244 g/mol. The molecule has 0 spiro atoms. The van der Waals surface area contributed by atoms with Gasteiger partial charge in [-0.1, -0.05) is 42.0 Å². The molecule has 80 valence electrons. The predicted molar refractivity (Wildman–Crippen MR) is 63.3 cm³/mol. The van der Waals surface area contributed by atoms with Crippen LogP contribution in [-0.4, -0.2) is 17.7 Å². The monoisotopic (exact) mass is 243 g/mol. The van der Waals surface area contributed by atoms with Gasteiger partial charge in [-0.2, -0.15) is 0 Å². The number of halogens is 1. The Morgan fingerprint density at radius 2 is 2.20 bits per heavy atom. The number of amides is 1. The van der Waals surface area contributed by atoms with Crippen LogP contribution in [0, 0.1) is 0 Å². The van der Waals surface area contributed by atoms with E-state index in [0.717, 1.165) is 0 Å². The summed E-state index contributed by atoms with van der Waals surface area (Å²) in [6.07, 6.45) is -0.567. The normalized spacial score (nSPS) is 9.47. The van der Waals surface area contributed by atoms with Crippen LogP contribution >= 0.6 is 23.8 Å². The largest absolute Gasteiger partial charge is 0.450 e. The first-order valence-corrected chi connectivity index (χ1v) is 5.16. The number of carbonyl (C=O) groups is 1. The lowest BCUT2D eigenvalue weighted by molar-refractivity contribution is 0.158. The Bertz CT molecular complexity index is 381. The summed E-state index contributed by atoms with van der Waals surface area (Å²) >= 11 is 10.9. The van der Waals surface area contributed by atoms with Gasteiger partial charge in [0.15, 0.2) is 0 Å². The second-order valence-corrected chi connectivity index (χ2v) is 3.47. The Hall–Kier alpha value is -1.13. The van der Waals surface area contributed by atoms with Crippen molar-refractivity contribution in [3.05, 3.63) is 34.9 Å². The first-order chi connectivity index (χ1) is 7.15. The molecule has 0 aliphatic carbocycles. The molecule has 0 fully saturated rings. The molecule has 1 amide bonds. The number of hydrogen-bond donors (Lipinski definition) is 1. The zero-order valence-corrected chi connectivity index (χ0v) is 9.69. The molecule has 0 bridgehead atoms. The molecule has 1 aromatic rings. The van der Waals surface area contributed by atoms with Crippen LogP contribution in [0.4, 0.5) is 4.79 Å². The second kappa shape index (κ2) is 5.68. The summed E-state index contributed by atoms with van der Waals surface area (Å²) in [4.78, 5) is 11.3. The standard InChI is InChI=1S/C10H10ClNO2S/c1-2-14-10(13)12-9(15)7-5-3-4-6-8(7)11/h3-6H,2H2,1H3,(H,12,13,15). The fraction of sp³-hybridized carbons (Fsp3) is 0.200. The smallest absolute Gasteiger partial charge is 0.412 e. The fourth-order valence-corrected chi connectivity index (χ4v) is 1.52. The number of nitrogens with one attached hydrogen (secondary N) is 1. The van der Waals surface area contributed by atoms with Crippen molar-refractivity contribution >= 4 is 34.9 Å². The highest BCUT2D eigenvalue weighted by molar-refractivity contribution is 7.80. The van der Waals surface area contributed by atoms with Gasteiger partial charge in [-0.05, 0) is 13.0 Å². The molecule has 0 heterocycles. The summed E-state index contributed by atoms with van der Waals surface area (Å²) in [6, 6.07) is 7.02. The van der Waals surface area contributed by atoms with Crippen molar-refractivity contribution in [1.82, 2.24) is 5.32 Å². The molecular formula is C10H10ClNO2S.